The van der Waals surface area contributed by atoms with E-state index < -0.39 is 0 Å². The van der Waals surface area contributed by atoms with E-state index in [0.29, 0.717) is 24.7 Å². The van der Waals surface area contributed by atoms with Gasteiger partial charge in [0, 0.05) is 19.8 Å². The molecular formula is C22H26N4O3. The quantitative estimate of drug-likeness (QED) is 0.660. The number of ether oxygens (including phenoxy) is 2. The molecule has 0 saturated carbocycles. The molecule has 1 unspecified atom stereocenters. The largest absolute Gasteiger partial charge is 0.486 e. The van der Waals surface area contributed by atoms with E-state index in [1.54, 1.807) is 24.5 Å². The van der Waals surface area contributed by atoms with Crippen molar-refractivity contribution in [2.24, 2.45) is 5.92 Å². The minimum Gasteiger partial charge on any atom is -0.486 e. The SMILES string of the molecule is CC(C)Cn1cnc2cc(C(=O)N(C)C(C)c3ccc4c(c3)OCCO4)cnc21. The Morgan fingerprint density at radius 1 is 1.14 bits per heavy atom. The van der Waals surface area contributed by atoms with E-state index in [4.69, 9.17) is 9.47 Å². The molecule has 1 atom stereocenters. The van der Waals surface area contributed by atoms with Crippen molar-refractivity contribution in [1.82, 2.24) is 19.4 Å². The van der Waals surface area contributed by atoms with Gasteiger partial charge < -0.3 is 18.9 Å². The number of imidazole rings is 1. The molecule has 1 aliphatic rings. The Morgan fingerprint density at radius 3 is 2.66 bits per heavy atom. The van der Waals surface area contributed by atoms with Crippen LogP contribution >= 0.6 is 0 Å². The Labute approximate surface area is 170 Å². The minimum absolute atomic E-state index is 0.0970. The van der Waals surface area contributed by atoms with Gasteiger partial charge in [-0.3, -0.25) is 4.79 Å². The van der Waals surface area contributed by atoms with Crippen LogP contribution in [0.3, 0.4) is 0 Å². The first-order valence-electron chi connectivity index (χ1n) is 9.91. The van der Waals surface area contributed by atoms with E-state index in [1.165, 1.54) is 0 Å². The molecule has 29 heavy (non-hydrogen) atoms. The van der Waals surface area contributed by atoms with Crippen molar-refractivity contribution in [3.8, 4) is 11.5 Å². The monoisotopic (exact) mass is 394 g/mol. The van der Waals surface area contributed by atoms with Crippen LogP contribution in [-0.2, 0) is 6.54 Å². The minimum atomic E-state index is -0.132. The second kappa shape index (κ2) is 7.73. The third-order valence-electron chi connectivity index (χ3n) is 5.21. The molecule has 0 radical (unpaired) electrons. The Hall–Kier alpha value is -3.09. The molecule has 0 saturated heterocycles. The predicted octanol–water partition coefficient (Wildman–Crippen LogP) is 3.69. The number of fused-ring (bicyclic) bond motifs is 2. The second-order valence-corrected chi connectivity index (χ2v) is 7.85. The second-order valence-electron chi connectivity index (χ2n) is 7.85. The van der Waals surface area contributed by atoms with Crippen LogP contribution in [-0.4, -0.2) is 45.6 Å². The number of benzene rings is 1. The summed E-state index contributed by atoms with van der Waals surface area (Å²) in [6.07, 6.45) is 3.42. The molecule has 0 bridgehead atoms. The van der Waals surface area contributed by atoms with Gasteiger partial charge in [-0.15, -0.1) is 0 Å². The maximum atomic E-state index is 13.1. The summed E-state index contributed by atoms with van der Waals surface area (Å²) in [7, 11) is 1.80. The number of carbonyl (C=O) groups is 1. The molecule has 2 aromatic heterocycles. The summed E-state index contributed by atoms with van der Waals surface area (Å²) >= 11 is 0. The van der Waals surface area contributed by atoms with Gasteiger partial charge in [-0.1, -0.05) is 19.9 Å². The van der Waals surface area contributed by atoms with Crippen LogP contribution in [0.2, 0.25) is 0 Å². The predicted molar refractivity (Wildman–Crippen MR) is 110 cm³/mol. The third kappa shape index (κ3) is 3.77. The number of hydrogen-bond donors (Lipinski definition) is 0. The van der Waals surface area contributed by atoms with Crippen LogP contribution in [0.5, 0.6) is 11.5 Å². The highest BCUT2D eigenvalue weighted by molar-refractivity contribution is 5.96. The van der Waals surface area contributed by atoms with Gasteiger partial charge in [0.05, 0.1) is 17.9 Å². The van der Waals surface area contributed by atoms with Gasteiger partial charge in [-0.2, -0.15) is 0 Å². The van der Waals surface area contributed by atoms with E-state index in [-0.39, 0.29) is 11.9 Å². The summed E-state index contributed by atoms with van der Waals surface area (Å²) in [5.41, 5.74) is 3.05. The highest BCUT2D eigenvalue weighted by Gasteiger charge is 2.22. The van der Waals surface area contributed by atoms with Crippen LogP contribution in [0.4, 0.5) is 0 Å². The Kier molecular flexibility index (Phi) is 5.13. The number of hydrogen-bond acceptors (Lipinski definition) is 5. The van der Waals surface area contributed by atoms with Crippen LogP contribution in [0, 0.1) is 5.92 Å². The lowest BCUT2D eigenvalue weighted by Crippen LogP contribution is -2.30. The summed E-state index contributed by atoms with van der Waals surface area (Å²) in [6.45, 7) is 8.23. The molecule has 152 valence electrons. The zero-order chi connectivity index (χ0) is 20.5. The molecule has 0 N–H and O–H groups in total. The van der Waals surface area contributed by atoms with Gasteiger partial charge in [0.15, 0.2) is 17.1 Å². The molecule has 4 rings (SSSR count). The van der Waals surface area contributed by atoms with Gasteiger partial charge in [0.2, 0.25) is 0 Å². The zero-order valence-corrected chi connectivity index (χ0v) is 17.3. The Morgan fingerprint density at radius 2 is 1.90 bits per heavy atom. The van der Waals surface area contributed by atoms with Crippen molar-refractivity contribution in [2.75, 3.05) is 20.3 Å². The number of aromatic nitrogens is 3. The van der Waals surface area contributed by atoms with Crippen molar-refractivity contribution >= 4 is 17.1 Å². The molecule has 0 fully saturated rings. The number of carbonyl (C=O) groups excluding carboxylic acids is 1. The lowest BCUT2D eigenvalue weighted by Gasteiger charge is -2.27. The standard InChI is InChI=1S/C22H26N4O3/c1-14(2)12-26-13-24-18-9-17(11-23-21(18)26)22(27)25(4)15(3)16-5-6-19-20(10-16)29-8-7-28-19/h5-6,9-11,13-15H,7-8,12H2,1-4H3. The Balaban J connectivity index is 1.55. The number of rotatable bonds is 5. The fourth-order valence-corrected chi connectivity index (χ4v) is 3.52. The van der Waals surface area contributed by atoms with Crippen LogP contribution in [0.15, 0.2) is 36.8 Å². The lowest BCUT2D eigenvalue weighted by molar-refractivity contribution is 0.0742. The summed E-state index contributed by atoms with van der Waals surface area (Å²) in [5.74, 6) is 1.86. The molecule has 1 aromatic carbocycles. The molecule has 0 spiro atoms. The normalized spacial score (nSPS) is 14.2. The van der Waals surface area contributed by atoms with E-state index in [0.717, 1.165) is 34.8 Å². The van der Waals surface area contributed by atoms with Crippen molar-refractivity contribution < 1.29 is 14.3 Å². The molecule has 3 aromatic rings. The smallest absolute Gasteiger partial charge is 0.255 e. The van der Waals surface area contributed by atoms with E-state index in [2.05, 4.69) is 23.8 Å². The molecule has 7 heteroatoms. The van der Waals surface area contributed by atoms with Crippen molar-refractivity contribution in [3.63, 3.8) is 0 Å². The first kappa shape index (κ1) is 19.2. The first-order chi connectivity index (χ1) is 13.9. The molecule has 1 aliphatic heterocycles. The first-order valence-corrected chi connectivity index (χ1v) is 9.91. The highest BCUT2D eigenvalue weighted by atomic mass is 16.6. The Bertz CT molecular complexity index is 1040. The van der Waals surface area contributed by atoms with Crippen molar-refractivity contribution in [1.29, 1.82) is 0 Å². The fourth-order valence-electron chi connectivity index (χ4n) is 3.52. The van der Waals surface area contributed by atoms with Crippen LogP contribution < -0.4 is 9.47 Å². The summed E-state index contributed by atoms with van der Waals surface area (Å²) in [4.78, 5) is 23.7. The molecule has 3 heterocycles. The summed E-state index contributed by atoms with van der Waals surface area (Å²) < 4.78 is 13.3. The molecule has 7 nitrogen and oxygen atoms in total. The third-order valence-corrected chi connectivity index (χ3v) is 5.21. The number of pyridine rings is 1. The average molecular weight is 394 g/mol. The van der Waals surface area contributed by atoms with E-state index in [9.17, 15) is 4.79 Å². The van der Waals surface area contributed by atoms with Crippen molar-refractivity contribution in [3.05, 3.63) is 47.9 Å². The molecule has 0 aliphatic carbocycles. The van der Waals surface area contributed by atoms with Gasteiger partial charge in [0.25, 0.3) is 5.91 Å². The topological polar surface area (TPSA) is 69.5 Å². The summed E-state index contributed by atoms with van der Waals surface area (Å²) in [5, 5.41) is 0. The maximum Gasteiger partial charge on any atom is 0.255 e. The van der Waals surface area contributed by atoms with Gasteiger partial charge >= 0.3 is 0 Å². The zero-order valence-electron chi connectivity index (χ0n) is 17.3. The van der Waals surface area contributed by atoms with Gasteiger partial charge in [-0.25, -0.2) is 9.97 Å². The fraction of sp³-hybridized carbons (Fsp3) is 0.409. The lowest BCUT2D eigenvalue weighted by atomic mass is 10.1. The number of nitrogens with zero attached hydrogens (tertiary/aromatic N) is 4. The maximum absolute atomic E-state index is 13.1. The van der Waals surface area contributed by atoms with E-state index >= 15 is 0 Å². The highest BCUT2D eigenvalue weighted by Crippen LogP contribution is 2.34. The van der Waals surface area contributed by atoms with Gasteiger partial charge in [0.1, 0.15) is 18.7 Å². The summed E-state index contributed by atoms with van der Waals surface area (Å²) in [6, 6.07) is 7.49. The average Bonchev–Trinajstić information content (AvgIpc) is 3.13. The molecule has 1 amide bonds. The van der Waals surface area contributed by atoms with Crippen LogP contribution in [0.1, 0.15) is 42.7 Å². The van der Waals surface area contributed by atoms with Crippen LogP contribution in [0.25, 0.3) is 11.2 Å². The van der Waals surface area contributed by atoms with E-state index in [1.807, 2.05) is 35.8 Å². The van der Waals surface area contributed by atoms with Gasteiger partial charge in [-0.05, 0) is 36.6 Å². The van der Waals surface area contributed by atoms with Crippen molar-refractivity contribution in [2.45, 2.75) is 33.4 Å². The number of amides is 1. The molecular weight excluding hydrogens is 368 g/mol.